The van der Waals surface area contributed by atoms with Crippen LogP contribution in [0.15, 0.2) is 54.7 Å². The van der Waals surface area contributed by atoms with Crippen molar-refractivity contribution in [1.82, 2.24) is 15.2 Å². The molecule has 0 spiro atoms. The van der Waals surface area contributed by atoms with Crippen molar-refractivity contribution >= 4 is 34.7 Å². The highest BCUT2D eigenvalue weighted by Gasteiger charge is 2.19. The van der Waals surface area contributed by atoms with Crippen molar-refractivity contribution in [3.05, 3.63) is 59.8 Å². The van der Waals surface area contributed by atoms with Gasteiger partial charge in [-0.15, -0.1) is 5.10 Å². The summed E-state index contributed by atoms with van der Waals surface area (Å²) in [5.41, 5.74) is 2.03. The van der Waals surface area contributed by atoms with Gasteiger partial charge in [-0.05, 0) is 30.3 Å². The molecule has 3 aromatic rings. The molecule has 1 aliphatic heterocycles. The smallest absolute Gasteiger partial charge is 0.249 e. The number of anilines is 4. The minimum Gasteiger partial charge on any atom is -0.495 e. The zero-order chi connectivity index (χ0) is 19.3. The Morgan fingerprint density at radius 1 is 1.00 bits per heavy atom. The van der Waals surface area contributed by atoms with Crippen LogP contribution in [0.2, 0.25) is 5.02 Å². The predicted octanol–water partition coefficient (Wildman–Crippen LogP) is 3.60. The van der Waals surface area contributed by atoms with Crippen LogP contribution in [0, 0.1) is 0 Å². The van der Waals surface area contributed by atoms with Gasteiger partial charge < -0.3 is 19.9 Å². The first-order chi connectivity index (χ1) is 13.7. The molecule has 0 bridgehead atoms. The lowest BCUT2D eigenvalue weighted by Crippen LogP contribution is -2.46. The van der Waals surface area contributed by atoms with Crippen molar-refractivity contribution < 1.29 is 4.74 Å². The van der Waals surface area contributed by atoms with E-state index in [1.807, 2.05) is 12.1 Å². The highest BCUT2D eigenvalue weighted by molar-refractivity contribution is 6.32. The first-order valence-electron chi connectivity index (χ1n) is 9.08. The van der Waals surface area contributed by atoms with Crippen LogP contribution in [-0.2, 0) is 0 Å². The fourth-order valence-corrected chi connectivity index (χ4v) is 3.46. The molecule has 1 saturated heterocycles. The Hall–Kier alpha value is -3.06. The Kier molecular flexibility index (Phi) is 5.43. The number of halogens is 1. The van der Waals surface area contributed by atoms with Crippen LogP contribution < -0.4 is 19.9 Å². The number of hydrogen-bond donors (Lipinski definition) is 1. The van der Waals surface area contributed by atoms with Gasteiger partial charge in [0.1, 0.15) is 5.75 Å². The first kappa shape index (κ1) is 18.3. The Morgan fingerprint density at radius 3 is 2.46 bits per heavy atom. The van der Waals surface area contributed by atoms with Gasteiger partial charge in [0.2, 0.25) is 5.95 Å². The predicted molar refractivity (Wildman–Crippen MR) is 112 cm³/mol. The maximum atomic E-state index is 6.18. The molecule has 0 unspecified atom stereocenters. The number of piperazine rings is 1. The molecule has 8 heteroatoms. The molecule has 0 saturated carbocycles. The molecule has 2 aromatic carbocycles. The number of rotatable bonds is 5. The maximum Gasteiger partial charge on any atom is 0.249 e. The van der Waals surface area contributed by atoms with Crippen LogP contribution in [0.1, 0.15) is 0 Å². The van der Waals surface area contributed by atoms with Crippen LogP contribution in [0.5, 0.6) is 5.75 Å². The van der Waals surface area contributed by atoms with Gasteiger partial charge >= 0.3 is 0 Å². The summed E-state index contributed by atoms with van der Waals surface area (Å²) in [5.74, 6) is 1.87. The zero-order valence-corrected chi connectivity index (χ0v) is 16.3. The van der Waals surface area contributed by atoms with Crippen molar-refractivity contribution in [3.8, 4) is 5.75 Å². The van der Waals surface area contributed by atoms with E-state index < -0.39 is 0 Å². The third-order valence-corrected chi connectivity index (χ3v) is 4.97. The van der Waals surface area contributed by atoms with Gasteiger partial charge in [-0.2, -0.15) is 10.1 Å². The van der Waals surface area contributed by atoms with E-state index in [4.69, 9.17) is 16.3 Å². The van der Waals surface area contributed by atoms with Crippen molar-refractivity contribution in [3.63, 3.8) is 0 Å². The molecule has 1 fully saturated rings. The molecule has 28 heavy (non-hydrogen) atoms. The standard InChI is InChI=1S/C20H21ClN6O/c1-28-18-8-7-15(13-17(18)21)23-20-24-19(14-22-25-20)27-11-9-26(10-12-27)16-5-3-2-4-6-16/h2-8,13-14H,9-12H2,1H3,(H,23,24,25). The molecule has 2 heterocycles. The molecule has 7 nitrogen and oxygen atoms in total. The van der Waals surface area contributed by atoms with Gasteiger partial charge in [0.05, 0.1) is 18.3 Å². The average molecular weight is 397 g/mol. The molecule has 1 aromatic heterocycles. The van der Waals surface area contributed by atoms with E-state index in [0.29, 0.717) is 16.7 Å². The molecule has 0 amide bonds. The lowest BCUT2D eigenvalue weighted by atomic mass is 10.2. The summed E-state index contributed by atoms with van der Waals surface area (Å²) in [4.78, 5) is 9.21. The Labute approximate surface area is 168 Å². The number of hydrogen-bond acceptors (Lipinski definition) is 7. The van der Waals surface area contributed by atoms with Crippen LogP contribution in [0.25, 0.3) is 0 Å². The van der Waals surface area contributed by atoms with E-state index in [0.717, 1.165) is 37.7 Å². The zero-order valence-electron chi connectivity index (χ0n) is 15.5. The van der Waals surface area contributed by atoms with Crippen molar-refractivity contribution in [1.29, 1.82) is 0 Å². The Morgan fingerprint density at radius 2 is 1.75 bits per heavy atom. The highest BCUT2D eigenvalue weighted by Crippen LogP contribution is 2.28. The van der Waals surface area contributed by atoms with Gasteiger partial charge in [-0.25, -0.2) is 0 Å². The van der Waals surface area contributed by atoms with Gasteiger partial charge in [0.15, 0.2) is 5.82 Å². The molecule has 144 valence electrons. The van der Waals surface area contributed by atoms with Crippen LogP contribution in [-0.4, -0.2) is 48.5 Å². The van der Waals surface area contributed by atoms with E-state index in [-0.39, 0.29) is 0 Å². The second-order valence-corrected chi connectivity index (χ2v) is 6.83. The van der Waals surface area contributed by atoms with E-state index in [1.54, 1.807) is 25.4 Å². The van der Waals surface area contributed by atoms with Crippen molar-refractivity contribution in [2.45, 2.75) is 0 Å². The van der Waals surface area contributed by atoms with Crippen LogP contribution >= 0.6 is 11.6 Å². The second-order valence-electron chi connectivity index (χ2n) is 6.42. The quantitative estimate of drug-likeness (QED) is 0.706. The topological polar surface area (TPSA) is 66.4 Å². The SMILES string of the molecule is COc1ccc(Nc2nncc(N3CCN(c4ccccc4)CC3)n2)cc1Cl. The summed E-state index contributed by atoms with van der Waals surface area (Å²) in [6.45, 7) is 3.62. The summed E-state index contributed by atoms with van der Waals surface area (Å²) in [5, 5.41) is 11.9. The monoisotopic (exact) mass is 396 g/mol. The number of aromatic nitrogens is 3. The number of nitrogens with one attached hydrogen (secondary N) is 1. The Bertz CT molecular complexity index is 931. The van der Waals surface area contributed by atoms with Crippen molar-refractivity contribution in [2.24, 2.45) is 0 Å². The van der Waals surface area contributed by atoms with Crippen molar-refractivity contribution in [2.75, 3.05) is 48.4 Å². The van der Waals surface area contributed by atoms with E-state index in [9.17, 15) is 0 Å². The van der Waals surface area contributed by atoms with E-state index in [2.05, 4.69) is 54.6 Å². The number of nitrogens with zero attached hydrogens (tertiary/aromatic N) is 5. The summed E-state index contributed by atoms with van der Waals surface area (Å²) in [6, 6.07) is 15.9. The fraction of sp³-hybridized carbons (Fsp3) is 0.250. The molecule has 1 N–H and O–H groups in total. The summed E-state index contributed by atoms with van der Waals surface area (Å²) in [6.07, 6.45) is 1.70. The first-order valence-corrected chi connectivity index (χ1v) is 9.46. The third-order valence-electron chi connectivity index (χ3n) is 4.68. The van der Waals surface area contributed by atoms with Gasteiger partial charge in [-0.3, -0.25) is 0 Å². The van der Waals surface area contributed by atoms with E-state index >= 15 is 0 Å². The lowest BCUT2D eigenvalue weighted by molar-refractivity contribution is 0.415. The van der Waals surface area contributed by atoms with Gasteiger partial charge in [0.25, 0.3) is 0 Å². The lowest BCUT2D eigenvalue weighted by Gasteiger charge is -2.36. The average Bonchev–Trinajstić information content (AvgIpc) is 2.75. The fourth-order valence-electron chi connectivity index (χ4n) is 3.21. The van der Waals surface area contributed by atoms with Gasteiger partial charge in [-0.1, -0.05) is 29.8 Å². The van der Waals surface area contributed by atoms with E-state index in [1.165, 1.54) is 5.69 Å². The number of ether oxygens (including phenoxy) is 1. The minimum absolute atomic E-state index is 0.434. The van der Waals surface area contributed by atoms with Crippen LogP contribution in [0.4, 0.5) is 23.1 Å². The number of benzene rings is 2. The molecule has 0 atom stereocenters. The normalized spacial score (nSPS) is 14.1. The molecule has 1 aliphatic rings. The minimum atomic E-state index is 0.434. The molecular weight excluding hydrogens is 376 g/mol. The molecule has 0 aliphatic carbocycles. The number of methoxy groups -OCH3 is 1. The molecule has 4 rings (SSSR count). The Balaban J connectivity index is 1.42. The summed E-state index contributed by atoms with van der Waals surface area (Å²) < 4.78 is 5.18. The molecular formula is C20H21ClN6O. The largest absolute Gasteiger partial charge is 0.495 e. The maximum absolute atomic E-state index is 6.18. The number of para-hydroxylation sites is 1. The van der Waals surface area contributed by atoms with Crippen LogP contribution in [0.3, 0.4) is 0 Å². The summed E-state index contributed by atoms with van der Waals surface area (Å²) in [7, 11) is 1.59. The highest BCUT2D eigenvalue weighted by atomic mass is 35.5. The summed E-state index contributed by atoms with van der Waals surface area (Å²) >= 11 is 6.18. The van der Waals surface area contributed by atoms with Gasteiger partial charge in [0, 0.05) is 37.6 Å². The molecule has 0 radical (unpaired) electrons. The second kappa shape index (κ2) is 8.31. The third kappa shape index (κ3) is 4.09.